The number of rotatable bonds is 4. The lowest BCUT2D eigenvalue weighted by Gasteiger charge is -2.36. The number of aliphatic hydroxyl groups is 1. The van der Waals surface area contributed by atoms with Crippen molar-refractivity contribution in [3.8, 4) is 0 Å². The van der Waals surface area contributed by atoms with Crippen LogP contribution >= 0.6 is 0 Å². The molecule has 1 aliphatic carbocycles. The highest BCUT2D eigenvalue weighted by atomic mass is 16.6. The van der Waals surface area contributed by atoms with Gasteiger partial charge in [0, 0.05) is 23.7 Å². The van der Waals surface area contributed by atoms with Gasteiger partial charge in [-0.2, -0.15) is 0 Å². The second-order valence-electron chi connectivity index (χ2n) is 8.16. The van der Waals surface area contributed by atoms with Gasteiger partial charge in [-0.15, -0.1) is 0 Å². The smallest absolute Gasteiger partial charge is 0.295 e. The van der Waals surface area contributed by atoms with Gasteiger partial charge >= 0.3 is 0 Å². The fourth-order valence-electron chi connectivity index (χ4n) is 4.71. The number of amides is 1. The van der Waals surface area contributed by atoms with Crippen molar-refractivity contribution in [1.82, 2.24) is 4.90 Å². The number of nitro benzene ring substituents is 1. The summed E-state index contributed by atoms with van der Waals surface area (Å²) in [6.45, 7) is 1.91. The molecule has 7 heteroatoms. The van der Waals surface area contributed by atoms with Crippen LogP contribution in [0.4, 0.5) is 5.69 Å². The van der Waals surface area contributed by atoms with Crippen LogP contribution in [0.15, 0.2) is 54.1 Å². The molecule has 7 nitrogen and oxygen atoms in total. The molecule has 2 fully saturated rings. The van der Waals surface area contributed by atoms with E-state index in [0.29, 0.717) is 0 Å². The Labute approximate surface area is 180 Å². The number of carbonyl (C=O) groups excluding carboxylic acids is 2. The first-order valence-corrected chi connectivity index (χ1v) is 10.5. The summed E-state index contributed by atoms with van der Waals surface area (Å²) in [5.74, 6) is -1.75. The number of nitrogens with zero attached hydrogens (tertiary/aromatic N) is 2. The van der Waals surface area contributed by atoms with E-state index < -0.39 is 22.7 Å². The number of hydrogen-bond donors (Lipinski definition) is 1. The van der Waals surface area contributed by atoms with Crippen molar-refractivity contribution in [2.75, 3.05) is 0 Å². The van der Waals surface area contributed by atoms with Gasteiger partial charge in [-0.1, -0.05) is 55.7 Å². The van der Waals surface area contributed by atoms with Crippen LogP contribution in [0.25, 0.3) is 5.76 Å². The minimum Gasteiger partial charge on any atom is -0.507 e. The molecule has 0 spiro atoms. The quantitative estimate of drug-likeness (QED) is 0.255. The topological polar surface area (TPSA) is 101 Å². The second kappa shape index (κ2) is 8.34. The fourth-order valence-corrected chi connectivity index (χ4v) is 4.71. The van der Waals surface area contributed by atoms with Gasteiger partial charge in [0.1, 0.15) is 5.76 Å². The Morgan fingerprint density at radius 1 is 1.06 bits per heavy atom. The molecule has 0 radical (unpaired) electrons. The van der Waals surface area contributed by atoms with Gasteiger partial charge in [-0.05, 0) is 30.9 Å². The van der Waals surface area contributed by atoms with Crippen LogP contribution in [0.3, 0.4) is 0 Å². The summed E-state index contributed by atoms with van der Waals surface area (Å²) >= 11 is 0. The first-order chi connectivity index (χ1) is 14.9. The SMILES string of the molecule is Cc1ccccc1C1/C(=C(\O)c2cccc([N+](=O)[O-])c2)C(=O)C(=O)N1C1CCCCC1. The molecule has 1 heterocycles. The summed E-state index contributed by atoms with van der Waals surface area (Å²) in [7, 11) is 0. The molecule has 1 N–H and O–H groups in total. The molecule has 1 saturated heterocycles. The Balaban J connectivity index is 1.90. The zero-order valence-electron chi connectivity index (χ0n) is 17.3. The predicted octanol–water partition coefficient (Wildman–Crippen LogP) is 4.66. The number of hydrogen-bond acceptors (Lipinski definition) is 5. The lowest BCUT2D eigenvalue weighted by atomic mass is 9.89. The van der Waals surface area contributed by atoms with Crippen molar-refractivity contribution in [2.45, 2.75) is 51.1 Å². The molecule has 1 saturated carbocycles. The van der Waals surface area contributed by atoms with Crippen molar-refractivity contribution < 1.29 is 19.6 Å². The number of Topliss-reactive ketones (excluding diaryl/α,β-unsaturated/α-hetero) is 1. The number of benzene rings is 2. The van der Waals surface area contributed by atoms with Crippen molar-refractivity contribution in [3.05, 3.63) is 80.9 Å². The van der Waals surface area contributed by atoms with E-state index in [9.17, 15) is 24.8 Å². The molecule has 31 heavy (non-hydrogen) atoms. The number of non-ortho nitro benzene ring substituents is 1. The van der Waals surface area contributed by atoms with Crippen LogP contribution in [-0.2, 0) is 9.59 Å². The van der Waals surface area contributed by atoms with Gasteiger partial charge in [0.25, 0.3) is 17.4 Å². The van der Waals surface area contributed by atoms with E-state index in [0.717, 1.165) is 43.2 Å². The maximum Gasteiger partial charge on any atom is 0.295 e. The summed E-state index contributed by atoms with van der Waals surface area (Å²) in [6.07, 6.45) is 4.69. The van der Waals surface area contributed by atoms with Crippen molar-refractivity contribution in [3.63, 3.8) is 0 Å². The molecule has 1 unspecified atom stereocenters. The van der Waals surface area contributed by atoms with Crippen molar-refractivity contribution in [1.29, 1.82) is 0 Å². The number of aliphatic hydroxyl groups excluding tert-OH is 1. The lowest BCUT2D eigenvalue weighted by molar-refractivity contribution is -0.384. The zero-order valence-corrected chi connectivity index (χ0v) is 17.3. The molecule has 4 rings (SSSR count). The highest BCUT2D eigenvalue weighted by Gasteiger charge is 2.49. The summed E-state index contributed by atoms with van der Waals surface area (Å²) < 4.78 is 0. The first-order valence-electron chi connectivity index (χ1n) is 10.5. The van der Waals surface area contributed by atoms with Crippen LogP contribution in [0.1, 0.15) is 54.8 Å². The zero-order chi connectivity index (χ0) is 22.1. The highest BCUT2D eigenvalue weighted by Crippen LogP contribution is 2.44. The summed E-state index contributed by atoms with van der Waals surface area (Å²) in [4.78, 5) is 38.5. The number of aryl methyl sites for hydroxylation is 1. The van der Waals surface area contributed by atoms with Crippen LogP contribution in [0, 0.1) is 17.0 Å². The third-order valence-corrected chi connectivity index (χ3v) is 6.26. The monoisotopic (exact) mass is 420 g/mol. The van der Waals surface area contributed by atoms with Gasteiger partial charge < -0.3 is 10.0 Å². The average Bonchev–Trinajstić information content (AvgIpc) is 3.04. The van der Waals surface area contributed by atoms with Crippen LogP contribution in [-0.4, -0.2) is 32.7 Å². The number of ketones is 1. The number of nitro groups is 1. The number of likely N-dealkylation sites (tertiary alicyclic amines) is 1. The Morgan fingerprint density at radius 2 is 1.77 bits per heavy atom. The van der Waals surface area contributed by atoms with Crippen molar-refractivity contribution >= 4 is 23.1 Å². The van der Waals surface area contributed by atoms with E-state index in [1.165, 1.54) is 24.3 Å². The maximum absolute atomic E-state index is 13.1. The van der Waals surface area contributed by atoms with E-state index >= 15 is 0 Å². The van der Waals surface area contributed by atoms with Gasteiger partial charge in [0.05, 0.1) is 16.5 Å². The Morgan fingerprint density at radius 3 is 2.45 bits per heavy atom. The second-order valence-corrected chi connectivity index (χ2v) is 8.16. The van der Waals surface area contributed by atoms with E-state index in [1.807, 2.05) is 31.2 Å². The minimum atomic E-state index is -0.747. The van der Waals surface area contributed by atoms with E-state index in [2.05, 4.69) is 0 Å². The third-order valence-electron chi connectivity index (χ3n) is 6.26. The van der Waals surface area contributed by atoms with Gasteiger partial charge in [0.15, 0.2) is 0 Å². The molecule has 160 valence electrons. The normalized spacial score (nSPS) is 21.5. The fraction of sp³-hybridized carbons (Fsp3) is 0.333. The van der Waals surface area contributed by atoms with Crippen molar-refractivity contribution in [2.24, 2.45) is 0 Å². The molecule has 2 aromatic rings. The molecule has 1 aliphatic heterocycles. The lowest BCUT2D eigenvalue weighted by Crippen LogP contribution is -2.40. The van der Waals surface area contributed by atoms with Gasteiger partial charge in [0.2, 0.25) is 0 Å². The minimum absolute atomic E-state index is 0.00892. The average molecular weight is 420 g/mol. The largest absolute Gasteiger partial charge is 0.507 e. The van der Waals surface area contributed by atoms with E-state index in [1.54, 1.807) is 4.90 Å². The van der Waals surface area contributed by atoms with Gasteiger partial charge in [-0.25, -0.2) is 0 Å². The Kier molecular flexibility index (Phi) is 5.59. The molecule has 2 aliphatic rings. The third kappa shape index (κ3) is 3.71. The van der Waals surface area contributed by atoms with E-state index in [-0.39, 0.29) is 28.6 Å². The Bertz CT molecular complexity index is 1080. The van der Waals surface area contributed by atoms with Gasteiger partial charge in [-0.3, -0.25) is 19.7 Å². The molecule has 1 amide bonds. The maximum atomic E-state index is 13.1. The standard InChI is InChI=1S/C24H24N2O5/c1-15-8-5-6-13-19(15)21-20(22(27)16-9-7-12-18(14-16)26(30)31)23(28)24(29)25(21)17-10-3-2-4-11-17/h5-9,12-14,17,21,27H,2-4,10-11H2,1H3/b22-20+. The summed E-state index contributed by atoms with van der Waals surface area (Å²) in [6, 6.07) is 12.2. The number of carbonyl (C=O) groups is 2. The van der Waals surface area contributed by atoms with Crippen LogP contribution in [0.5, 0.6) is 0 Å². The highest BCUT2D eigenvalue weighted by molar-refractivity contribution is 6.46. The first kappa shape index (κ1) is 20.8. The molecule has 1 atom stereocenters. The molecule has 2 aromatic carbocycles. The summed E-state index contributed by atoms with van der Waals surface area (Å²) in [5.41, 5.74) is 1.62. The summed E-state index contributed by atoms with van der Waals surface area (Å²) in [5, 5.41) is 22.3. The molecule has 0 aromatic heterocycles. The Hall–Kier alpha value is -3.48. The molecular formula is C24H24N2O5. The predicted molar refractivity (Wildman–Crippen MR) is 115 cm³/mol. The van der Waals surface area contributed by atoms with Crippen LogP contribution < -0.4 is 0 Å². The molecular weight excluding hydrogens is 396 g/mol. The van der Waals surface area contributed by atoms with E-state index in [4.69, 9.17) is 0 Å². The van der Waals surface area contributed by atoms with Crippen LogP contribution in [0.2, 0.25) is 0 Å². The molecule has 0 bridgehead atoms.